The van der Waals surface area contributed by atoms with Crippen molar-refractivity contribution in [3.05, 3.63) is 88.5 Å². The van der Waals surface area contributed by atoms with Crippen molar-refractivity contribution in [2.45, 2.75) is 92.2 Å². The van der Waals surface area contributed by atoms with E-state index in [1.54, 1.807) is 29.9 Å². The number of nitrogens with one attached hydrogen (secondary N) is 1. The van der Waals surface area contributed by atoms with E-state index < -0.39 is 6.17 Å². The molecule has 0 aliphatic heterocycles. The van der Waals surface area contributed by atoms with Crippen LogP contribution in [0.2, 0.25) is 0 Å². The van der Waals surface area contributed by atoms with Crippen LogP contribution in [0.3, 0.4) is 0 Å². The Hall–Kier alpha value is -3.94. The number of unbranched alkanes of at least 4 members (excludes halogenated alkanes) is 1. The van der Waals surface area contributed by atoms with Gasteiger partial charge in [-0.2, -0.15) is 5.10 Å². The number of aromatic nitrogens is 2. The molecule has 0 bridgehead atoms. The summed E-state index contributed by atoms with van der Waals surface area (Å²) in [6, 6.07) is 6.64. The lowest BCUT2D eigenvalue weighted by Gasteiger charge is -2.30. The van der Waals surface area contributed by atoms with Gasteiger partial charge >= 0.3 is 0 Å². The molecule has 1 N–H and O–H groups in total. The highest BCUT2D eigenvalue weighted by atomic mass is 19.1. The molecule has 2 aromatic rings. The zero-order valence-electron chi connectivity index (χ0n) is 28.9. The van der Waals surface area contributed by atoms with Crippen LogP contribution in [0.4, 0.5) is 4.39 Å². The van der Waals surface area contributed by atoms with E-state index in [4.69, 9.17) is 0 Å². The minimum Gasteiger partial charge on any atom is -0.369 e. The molecule has 8 heteroatoms. The van der Waals surface area contributed by atoms with E-state index in [0.717, 1.165) is 36.1 Å². The number of rotatable bonds is 13. The van der Waals surface area contributed by atoms with Crippen molar-refractivity contribution in [1.82, 2.24) is 24.9 Å². The molecule has 1 aromatic carbocycles. The lowest BCUT2D eigenvalue weighted by molar-refractivity contribution is -0.129. The summed E-state index contributed by atoms with van der Waals surface area (Å²) in [6.45, 7) is 11.4. The molecule has 246 valence electrons. The van der Waals surface area contributed by atoms with Gasteiger partial charge in [0.2, 0.25) is 5.91 Å². The van der Waals surface area contributed by atoms with Crippen LogP contribution in [-0.4, -0.2) is 65.3 Å². The van der Waals surface area contributed by atoms with Crippen molar-refractivity contribution in [2.75, 3.05) is 27.7 Å². The fraction of sp³-hybridized carbons (Fsp3) is 0.486. The molecule has 0 atom stereocenters. The minimum atomic E-state index is -0.667. The number of carbonyl (C=O) groups excluding carboxylic acids is 2. The largest absolute Gasteiger partial charge is 0.369 e. The molecule has 2 amide bonds. The number of hydrogen-bond donors (Lipinski definition) is 1. The van der Waals surface area contributed by atoms with Crippen LogP contribution in [0.15, 0.2) is 60.6 Å². The van der Waals surface area contributed by atoms with E-state index in [9.17, 15) is 14.0 Å². The normalized spacial score (nSPS) is 14.0. The first-order chi connectivity index (χ1) is 21.4. The Kier molecular flexibility index (Phi) is 15.5. The first-order valence-electron chi connectivity index (χ1n) is 16.2. The number of amides is 2. The van der Waals surface area contributed by atoms with Crippen LogP contribution in [0.1, 0.15) is 105 Å². The first kappa shape index (κ1) is 37.2. The molecule has 0 unspecified atom stereocenters. The third-order valence-corrected chi connectivity index (χ3v) is 7.44. The average Bonchev–Trinajstić information content (AvgIpc) is 3.30. The fourth-order valence-corrected chi connectivity index (χ4v) is 4.80. The topological polar surface area (TPSA) is 70.5 Å². The van der Waals surface area contributed by atoms with Crippen molar-refractivity contribution in [3.63, 3.8) is 0 Å². The maximum atomic E-state index is 13.7. The average molecular weight is 620 g/mol. The summed E-state index contributed by atoms with van der Waals surface area (Å²) in [5.41, 5.74) is 6.53. The van der Waals surface area contributed by atoms with Crippen molar-refractivity contribution >= 4 is 23.6 Å². The number of aryl methyl sites for hydroxylation is 1. The molecule has 3 rings (SSSR count). The van der Waals surface area contributed by atoms with E-state index >= 15 is 0 Å². The smallest absolute Gasteiger partial charge is 0.259 e. The summed E-state index contributed by atoms with van der Waals surface area (Å²) < 4.78 is 12.7. The minimum absolute atomic E-state index is 0.0157. The second-order valence-electron chi connectivity index (χ2n) is 12.1. The number of allylic oxidation sites excluding steroid dienone is 5. The van der Waals surface area contributed by atoms with Gasteiger partial charge in [0, 0.05) is 39.1 Å². The molecule has 0 spiro atoms. The number of alkyl halides is 1. The predicted octanol–water partition coefficient (Wildman–Crippen LogP) is 8.04. The molecular weight excluding hydrogens is 565 g/mol. The Morgan fingerprint density at radius 1 is 1.11 bits per heavy atom. The summed E-state index contributed by atoms with van der Waals surface area (Å²) in [4.78, 5) is 29.7. The van der Waals surface area contributed by atoms with Crippen LogP contribution in [0.25, 0.3) is 11.8 Å². The quantitative estimate of drug-likeness (QED) is 0.230. The number of hydrogen-bond acceptors (Lipinski definition) is 4. The van der Waals surface area contributed by atoms with Gasteiger partial charge in [0.15, 0.2) is 0 Å². The molecule has 0 saturated heterocycles. The third kappa shape index (κ3) is 11.8. The number of likely N-dealkylation sites (N-methyl/N-ethyl adjacent to an activating group) is 2. The molecule has 1 aliphatic carbocycles. The monoisotopic (exact) mass is 619 g/mol. The van der Waals surface area contributed by atoms with Gasteiger partial charge in [-0.1, -0.05) is 68.7 Å². The highest BCUT2D eigenvalue weighted by Gasteiger charge is 2.25. The zero-order valence-corrected chi connectivity index (χ0v) is 28.9. The van der Waals surface area contributed by atoms with E-state index in [-0.39, 0.29) is 18.4 Å². The lowest BCUT2D eigenvalue weighted by Crippen LogP contribution is -2.33. The van der Waals surface area contributed by atoms with Crippen molar-refractivity contribution in [2.24, 2.45) is 0 Å². The summed E-state index contributed by atoms with van der Waals surface area (Å²) in [5, 5.41) is 7.63. The number of benzene rings is 1. The van der Waals surface area contributed by atoms with Crippen LogP contribution < -0.4 is 5.32 Å². The van der Waals surface area contributed by atoms with Gasteiger partial charge < -0.3 is 15.1 Å². The summed E-state index contributed by atoms with van der Waals surface area (Å²) in [7, 11) is 5.36. The Balaban J connectivity index is 0.00000166. The van der Waals surface area contributed by atoms with Crippen LogP contribution in [0, 0.1) is 13.8 Å². The fourth-order valence-electron chi connectivity index (χ4n) is 4.80. The van der Waals surface area contributed by atoms with Gasteiger partial charge in [-0.3, -0.25) is 9.59 Å². The van der Waals surface area contributed by atoms with E-state index in [1.807, 2.05) is 43.4 Å². The van der Waals surface area contributed by atoms with Crippen LogP contribution >= 0.6 is 0 Å². The van der Waals surface area contributed by atoms with E-state index in [1.165, 1.54) is 44.2 Å². The van der Waals surface area contributed by atoms with Crippen LogP contribution in [0.5, 0.6) is 0 Å². The van der Waals surface area contributed by atoms with Gasteiger partial charge in [0.1, 0.15) is 0 Å². The number of halogens is 1. The van der Waals surface area contributed by atoms with Crippen molar-refractivity contribution in [1.29, 1.82) is 0 Å². The van der Waals surface area contributed by atoms with Gasteiger partial charge in [-0.05, 0) is 76.5 Å². The second-order valence-corrected chi connectivity index (χ2v) is 12.1. The maximum absolute atomic E-state index is 13.7. The predicted molar refractivity (Wildman–Crippen MR) is 185 cm³/mol. The number of carbonyl (C=O) groups is 2. The molecule has 1 fully saturated rings. The summed E-state index contributed by atoms with van der Waals surface area (Å²) in [5.74, 6) is 0.273. The molecule has 1 aliphatic rings. The molecular formula is C37H54FN5O2. The molecule has 45 heavy (non-hydrogen) atoms. The van der Waals surface area contributed by atoms with Gasteiger partial charge in [-0.15, -0.1) is 0 Å². The highest BCUT2D eigenvalue weighted by Crippen LogP contribution is 2.41. The first-order valence-corrected chi connectivity index (χ1v) is 16.2. The zero-order chi connectivity index (χ0) is 33.5. The Morgan fingerprint density at radius 3 is 2.38 bits per heavy atom. The molecule has 1 aromatic heterocycles. The molecule has 7 nitrogen and oxygen atoms in total. The molecule has 1 saturated carbocycles. The highest BCUT2D eigenvalue weighted by molar-refractivity contribution is 5.99. The standard InChI is InChI=1S/C34H47N5O2.C3H7F/c1-8-10-11-12-13-20-39-26(4)31(22-35-39)34(41)36-32(23-38(7)24-33(40)37(5)6)29(15-9-2)30-21-25(3)18-19-28(30)27-16-14-17-27;1-3(2)4/h11-13,15,18-23,27H,8-10,14,16-17,24H2,1-7H3,(H,36,41);3H,1-2H3/b12-11+,20-13-,29-15-,32-23+;. The van der Waals surface area contributed by atoms with E-state index in [2.05, 4.69) is 61.5 Å². The lowest BCUT2D eigenvalue weighted by atomic mass is 9.76. The van der Waals surface area contributed by atoms with Crippen molar-refractivity contribution in [3.8, 4) is 0 Å². The Morgan fingerprint density at radius 2 is 1.80 bits per heavy atom. The molecule has 1 heterocycles. The number of nitrogens with zero attached hydrogens (tertiary/aromatic N) is 4. The van der Waals surface area contributed by atoms with Gasteiger partial charge in [0.25, 0.3) is 5.91 Å². The third-order valence-electron chi connectivity index (χ3n) is 7.44. The van der Waals surface area contributed by atoms with Gasteiger partial charge in [-0.25, -0.2) is 9.07 Å². The molecule has 0 radical (unpaired) electrons. The van der Waals surface area contributed by atoms with Gasteiger partial charge in [0.05, 0.1) is 35.9 Å². The summed E-state index contributed by atoms with van der Waals surface area (Å²) >= 11 is 0. The SMILES string of the molecule is CC(C)F.CC/C=C(\C(=C/N(C)CC(=O)N(C)C)NC(=O)c1cnn(/C=C\C=C\CCC)c1C)c1cc(C)ccc1C1CCC1. The van der Waals surface area contributed by atoms with Crippen LogP contribution in [-0.2, 0) is 4.79 Å². The maximum Gasteiger partial charge on any atom is 0.259 e. The Bertz CT molecular complexity index is 1380. The Labute approximate surface area is 270 Å². The summed E-state index contributed by atoms with van der Waals surface area (Å²) in [6.07, 6.45) is 19.4. The second kappa shape index (κ2) is 18.8. The van der Waals surface area contributed by atoms with Crippen molar-refractivity contribution < 1.29 is 14.0 Å². The van der Waals surface area contributed by atoms with E-state index in [0.29, 0.717) is 17.2 Å².